The van der Waals surface area contributed by atoms with Gasteiger partial charge in [-0.2, -0.15) is 0 Å². The van der Waals surface area contributed by atoms with E-state index in [1.165, 1.54) is 12.1 Å². The first-order valence-corrected chi connectivity index (χ1v) is 8.05. The van der Waals surface area contributed by atoms with Crippen molar-refractivity contribution in [3.05, 3.63) is 28.8 Å². The van der Waals surface area contributed by atoms with Crippen molar-refractivity contribution in [2.45, 2.75) is 32.1 Å². The molecule has 0 amide bonds. The third kappa shape index (κ3) is 3.02. The summed E-state index contributed by atoms with van der Waals surface area (Å²) >= 11 is 0. The number of carboxylic acids is 1. The molecule has 1 saturated carbocycles. The maximum atomic E-state index is 12.3. The van der Waals surface area contributed by atoms with E-state index in [0.29, 0.717) is 29.5 Å². The van der Waals surface area contributed by atoms with E-state index in [9.17, 15) is 13.2 Å². The maximum Gasteiger partial charge on any atom is 0.335 e. The van der Waals surface area contributed by atoms with E-state index < -0.39 is 16.0 Å². The van der Waals surface area contributed by atoms with E-state index in [0.717, 1.165) is 6.42 Å². The number of hydrogen-bond donors (Lipinski definition) is 2. The number of rotatable bonds is 5. The SMILES string of the molecule is Cc1cc(C(=O)O)cc(S(=O)(=O)NCC2CC2C)c1C. The molecule has 0 aliphatic heterocycles. The lowest BCUT2D eigenvalue weighted by Gasteiger charge is -2.12. The minimum atomic E-state index is -3.66. The summed E-state index contributed by atoms with van der Waals surface area (Å²) in [6.45, 7) is 5.90. The van der Waals surface area contributed by atoms with Crippen LogP contribution in [-0.2, 0) is 10.0 Å². The minimum absolute atomic E-state index is 0.00624. The molecule has 2 unspecified atom stereocenters. The number of carbonyl (C=O) groups is 1. The lowest BCUT2D eigenvalue weighted by molar-refractivity contribution is 0.0696. The Morgan fingerprint density at radius 3 is 2.50 bits per heavy atom. The third-order valence-electron chi connectivity index (χ3n) is 3.97. The molecule has 0 saturated heterocycles. The molecular formula is C14H19NO4S. The van der Waals surface area contributed by atoms with Crippen LogP contribution in [0.5, 0.6) is 0 Å². The molecule has 20 heavy (non-hydrogen) atoms. The zero-order valence-corrected chi connectivity index (χ0v) is 12.6. The van der Waals surface area contributed by atoms with Crippen LogP contribution < -0.4 is 4.72 Å². The van der Waals surface area contributed by atoms with Gasteiger partial charge in [0.1, 0.15) is 0 Å². The van der Waals surface area contributed by atoms with Crippen molar-refractivity contribution in [1.82, 2.24) is 4.72 Å². The smallest absolute Gasteiger partial charge is 0.335 e. The fourth-order valence-corrected chi connectivity index (χ4v) is 3.64. The first-order valence-electron chi connectivity index (χ1n) is 6.56. The van der Waals surface area contributed by atoms with Gasteiger partial charge in [-0.25, -0.2) is 17.9 Å². The molecule has 1 aromatic rings. The van der Waals surface area contributed by atoms with Gasteiger partial charge in [-0.3, -0.25) is 0 Å². The summed E-state index contributed by atoms with van der Waals surface area (Å²) in [5.41, 5.74) is 1.24. The number of aryl methyl sites for hydroxylation is 1. The van der Waals surface area contributed by atoms with Crippen molar-refractivity contribution in [3.63, 3.8) is 0 Å². The Labute approximate surface area is 119 Å². The molecule has 0 heterocycles. The first-order chi connectivity index (χ1) is 9.22. The van der Waals surface area contributed by atoms with Crippen molar-refractivity contribution in [2.24, 2.45) is 11.8 Å². The van der Waals surface area contributed by atoms with Crippen molar-refractivity contribution in [2.75, 3.05) is 6.54 Å². The van der Waals surface area contributed by atoms with Crippen LogP contribution in [0, 0.1) is 25.7 Å². The van der Waals surface area contributed by atoms with Crippen LogP contribution in [0.25, 0.3) is 0 Å². The van der Waals surface area contributed by atoms with Gasteiger partial charge in [-0.1, -0.05) is 6.92 Å². The molecule has 2 atom stereocenters. The van der Waals surface area contributed by atoms with Gasteiger partial charge in [-0.15, -0.1) is 0 Å². The molecule has 6 heteroatoms. The van der Waals surface area contributed by atoms with Gasteiger partial charge in [0, 0.05) is 6.54 Å². The van der Waals surface area contributed by atoms with Crippen LogP contribution in [0.2, 0.25) is 0 Å². The number of aromatic carboxylic acids is 1. The number of carboxylic acid groups (broad SMARTS) is 1. The predicted molar refractivity (Wildman–Crippen MR) is 75.3 cm³/mol. The Morgan fingerprint density at radius 2 is 2.00 bits per heavy atom. The van der Waals surface area contributed by atoms with E-state index in [-0.39, 0.29) is 10.5 Å². The Morgan fingerprint density at radius 1 is 1.40 bits per heavy atom. The van der Waals surface area contributed by atoms with Crippen molar-refractivity contribution in [1.29, 1.82) is 0 Å². The molecular weight excluding hydrogens is 278 g/mol. The molecule has 5 nitrogen and oxygen atoms in total. The number of benzene rings is 1. The third-order valence-corrected chi connectivity index (χ3v) is 5.52. The highest BCUT2D eigenvalue weighted by atomic mass is 32.2. The van der Waals surface area contributed by atoms with E-state index in [2.05, 4.69) is 11.6 Å². The van der Waals surface area contributed by atoms with Gasteiger partial charge in [0.2, 0.25) is 10.0 Å². The van der Waals surface area contributed by atoms with E-state index in [4.69, 9.17) is 5.11 Å². The van der Waals surface area contributed by atoms with E-state index in [1.54, 1.807) is 13.8 Å². The summed E-state index contributed by atoms with van der Waals surface area (Å²) in [4.78, 5) is 11.1. The van der Waals surface area contributed by atoms with Crippen LogP contribution in [0.15, 0.2) is 17.0 Å². The molecule has 2 rings (SSSR count). The van der Waals surface area contributed by atoms with E-state index in [1.807, 2.05) is 0 Å². The highest BCUT2D eigenvalue weighted by Gasteiger charge is 2.33. The van der Waals surface area contributed by atoms with Gasteiger partial charge >= 0.3 is 5.97 Å². The summed E-state index contributed by atoms with van der Waals surface area (Å²) in [7, 11) is -3.66. The molecule has 110 valence electrons. The highest BCUT2D eigenvalue weighted by molar-refractivity contribution is 7.89. The summed E-state index contributed by atoms with van der Waals surface area (Å²) in [5.74, 6) is -0.167. The molecule has 0 aromatic heterocycles. The Balaban J connectivity index is 2.32. The standard InChI is InChI=1S/C14H19NO4S/c1-8-4-11(14(16)17)6-13(10(8)3)20(18,19)15-7-12-5-9(12)2/h4,6,9,12,15H,5,7H2,1-3H3,(H,16,17). The predicted octanol–water partition coefficient (Wildman–Crippen LogP) is 1.94. The molecule has 0 radical (unpaired) electrons. The lowest BCUT2D eigenvalue weighted by Crippen LogP contribution is -2.27. The molecule has 1 aliphatic carbocycles. The average molecular weight is 297 g/mol. The zero-order chi connectivity index (χ0) is 15.1. The topological polar surface area (TPSA) is 83.5 Å². The maximum absolute atomic E-state index is 12.3. The van der Waals surface area contributed by atoms with Crippen molar-refractivity contribution < 1.29 is 18.3 Å². The number of sulfonamides is 1. The second kappa shape index (κ2) is 5.18. The molecule has 1 fully saturated rings. The van der Waals surface area contributed by atoms with Crippen molar-refractivity contribution >= 4 is 16.0 Å². The molecule has 0 spiro atoms. The van der Waals surface area contributed by atoms with Crippen molar-refractivity contribution in [3.8, 4) is 0 Å². The van der Waals surface area contributed by atoms with Crippen LogP contribution in [-0.4, -0.2) is 26.0 Å². The Kier molecular flexibility index (Phi) is 3.88. The normalized spacial score (nSPS) is 21.8. The number of hydrogen-bond acceptors (Lipinski definition) is 3. The van der Waals surface area contributed by atoms with Gasteiger partial charge in [0.15, 0.2) is 0 Å². The van der Waals surface area contributed by atoms with E-state index >= 15 is 0 Å². The van der Waals surface area contributed by atoms with Gasteiger partial charge < -0.3 is 5.11 Å². The summed E-state index contributed by atoms with van der Waals surface area (Å²) in [6.07, 6.45) is 1.04. The monoisotopic (exact) mass is 297 g/mol. The molecule has 1 aliphatic rings. The van der Waals surface area contributed by atoms with Gasteiger partial charge in [0.05, 0.1) is 10.5 Å². The molecule has 2 N–H and O–H groups in total. The Hall–Kier alpha value is -1.40. The summed E-state index contributed by atoms with van der Waals surface area (Å²) in [5, 5.41) is 9.04. The minimum Gasteiger partial charge on any atom is -0.478 e. The molecule has 0 bridgehead atoms. The average Bonchev–Trinajstić information content (AvgIpc) is 3.06. The van der Waals surface area contributed by atoms with Gasteiger partial charge in [-0.05, 0) is 55.4 Å². The second-order valence-electron chi connectivity index (χ2n) is 5.55. The zero-order valence-electron chi connectivity index (χ0n) is 11.8. The van der Waals surface area contributed by atoms with Crippen LogP contribution in [0.1, 0.15) is 34.8 Å². The second-order valence-corrected chi connectivity index (χ2v) is 7.28. The first kappa shape index (κ1) is 15.0. The largest absolute Gasteiger partial charge is 0.478 e. The van der Waals surface area contributed by atoms with Gasteiger partial charge in [0.25, 0.3) is 0 Å². The fraction of sp³-hybridized carbons (Fsp3) is 0.500. The summed E-state index contributed by atoms with van der Waals surface area (Å²) < 4.78 is 27.2. The van der Waals surface area contributed by atoms with Crippen LogP contribution in [0.4, 0.5) is 0 Å². The van der Waals surface area contributed by atoms with Crippen LogP contribution >= 0.6 is 0 Å². The van der Waals surface area contributed by atoms with Crippen LogP contribution in [0.3, 0.4) is 0 Å². The summed E-state index contributed by atoms with van der Waals surface area (Å²) in [6, 6.07) is 2.71. The lowest BCUT2D eigenvalue weighted by atomic mass is 10.1. The fourth-order valence-electron chi connectivity index (χ4n) is 2.21. The quantitative estimate of drug-likeness (QED) is 0.870. The number of nitrogens with one attached hydrogen (secondary N) is 1. The Bertz CT molecular complexity index is 651. The highest BCUT2D eigenvalue weighted by Crippen LogP contribution is 2.37. The molecule has 1 aromatic carbocycles.